The van der Waals surface area contributed by atoms with Gasteiger partial charge in [-0.1, -0.05) is 12.1 Å². The van der Waals surface area contributed by atoms with Crippen molar-refractivity contribution in [1.82, 2.24) is 35.5 Å². The number of carbonyl (C=O) groups is 1. The van der Waals surface area contributed by atoms with Crippen molar-refractivity contribution >= 4 is 44.9 Å². The summed E-state index contributed by atoms with van der Waals surface area (Å²) in [6.07, 6.45) is 7.91. The summed E-state index contributed by atoms with van der Waals surface area (Å²) in [7, 11) is 0. The number of amides is 1. The summed E-state index contributed by atoms with van der Waals surface area (Å²) in [4.78, 5) is 31.0. The lowest BCUT2D eigenvalue weighted by Gasteiger charge is -2.21. The third kappa shape index (κ3) is 4.68. The Kier molecular flexibility index (Phi) is 6.10. The maximum atomic E-state index is 12.7. The van der Waals surface area contributed by atoms with Crippen LogP contribution in [-0.2, 0) is 4.79 Å². The van der Waals surface area contributed by atoms with Crippen LogP contribution in [0.5, 0.6) is 0 Å². The van der Waals surface area contributed by atoms with Crippen molar-refractivity contribution in [2.45, 2.75) is 19.3 Å². The molecule has 0 radical (unpaired) electrons. The SMILES string of the molecule is O=C(CC1CCNCC1)Nc1cncc(-c2ccc3[nH]nc(-c4nc5c(-c6cccs6)nccc5[nH]4)c3c2)c1. The Morgan fingerprint density at radius 3 is 2.82 bits per heavy atom. The number of rotatable bonds is 6. The molecule has 194 valence electrons. The zero-order valence-corrected chi connectivity index (χ0v) is 21.9. The monoisotopic (exact) mass is 534 g/mol. The maximum absolute atomic E-state index is 12.7. The molecule has 0 bridgehead atoms. The number of aromatic amines is 2. The Hall–Kier alpha value is -4.41. The van der Waals surface area contributed by atoms with Gasteiger partial charge in [0, 0.05) is 29.8 Å². The first-order chi connectivity index (χ1) is 19.2. The number of hydrogen-bond acceptors (Lipinski definition) is 7. The third-order valence-corrected chi connectivity index (χ3v) is 8.11. The molecule has 1 aromatic carbocycles. The molecular formula is C29H26N8OS. The lowest BCUT2D eigenvalue weighted by atomic mass is 9.94. The van der Waals surface area contributed by atoms with Gasteiger partial charge >= 0.3 is 0 Å². The van der Waals surface area contributed by atoms with Gasteiger partial charge in [-0.25, -0.2) is 4.98 Å². The quantitative estimate of drug-likeness (QED) is 0.220. The van der Waals surface area contributed by atoms with E-state index in [1.807, 2.05) is 41.9 Å². The van der Waals surface area contributed by atoms with E-state index in [0.29, 0.717) is 23.9 Å². The number of benzene rings is 1. The minimum Gasteiger partial charge on any atom is -0.336 e. The van der Waals surface area contributed by atoms with Crippen LogP contribution in [0.25, 0.3) is 55.2 Å². The molecule has 39 heavy (non-hydrogen) atoms. The number of piperidine rings is 1. The molecule has 0 atom stereocenters. The number of imidazole rings is 1. The molecule has 1 aliphatic heterocycles. The van der Waals surface area contributed by atoms with E-state index in [0.717, 1.165) is 75.3 Å². The fourth-order valence-corrected chi connectivity index (χ4v) is 5.96. The van der Waals surface area contributed by atoms with Gasteiger partial charge in [0.1, 0.15) is 16.9 Å². The van der Waals surface area contributed by atoms with Crippen LogP contribution in [0.1, 0.15) is 19.3 Å². The van der Waals surface area contributed by atoms with Gasteiger partial charge < -0.3 is 15.6 Å². The topological polar surface area (TPSA) is 124 Å². The van der Waals surface area contributed by atoms with Crippen molar-refractivity contribution in [3.63, 3.8) is 0 Å². The first kappa shape index (κ1) is 23.7. The second-order valence-electron chi connectivity index (χ2n) is 9.86. The zero-order valence-electron chi connectivity index (χ0n) is 21.1. The largest absolute Gasteiger partial charge is 0.336 e. The summed E-state index contributed by atoms with van der Waals surface area (Å²) < 4.78 is 0. The van der Waals surface area contributed by atoms with Crippen molar-refractivity contribution in [2.75, 3.05) is 18.4 Å². The molecule has 7 rings (SSSR count). The number of nitrogens with zero attached hydrogens (tertiary/aromatic N) is 4. The number of H-pyrrole nitrogens is 2. The summed E-state index contributed by atoms with van der Waals surface area (Å²) in [6.45, 7) is 1.96. The van der Waals surface area contributed by atoms with E-state index in [4.69, 9.17) is 4.98 Å². The molecule has 4 N–H and O–H groups in total. The standard InChI is InChI=1S/C29H26N8OS/c38-25(12-17-5-8-30-9-6-17)33-20-13-19(15-31-16-20)18-3-4-22-21(14-18)26(37-36-22)29-34-23-7-10-32-28(27(23)35-29)24-2-1-11-39-24/h1-4,7,10-11,13-17,30H,5-6,8-9,12H2,(H,33,38)(H,34,35)(H,36,37). The molecule has 0 aliphatic carbocycles. The molecule has 6 heterocycles. The molecule has 1 amide bonds. The van der Waals surface area contributed by atoms with E-state index < -0.39 is 0 Å². The second kappa shape index (κ2) is 10.0. The Morgan fingerprint density at radius 1 is 1.03 bits per heavy atom. The number of carbonyl (C=O) groups excluding carboxylic acids is 1. The third-order valence-electron chi connectivity index (χ3n) is 7.23. The highest BCUT2D eigenvalue weighted by atomic mass is 32.1. The number of hydrogen-bond donors (Lipinski definition) is 4. The number of nitrogens with one attached hydrogen (secondary N) is 4. The molecule has 6 aromatic rings. The zero-order chi connectivity index (χ0) is 26.2. The molecule has 1 saturated heterocycles. The summed E-state index contributed by atoms with van der Waals surface area (Å²) in [5.74, 6) is 1.14. The Morgan fingerprint density at radius 2 is 1.95 bits per heavy atom. The number of pyridine rings is 2. The van der Waals surface area contributed by atoms with Gasteiger partial charge in [0.15, 0.2) is 5.82 Å². The predicted molar refractivity (Wildman–Crippen MR) is 154 cm³/mol. The molecule has 0 spiro atoms. The van der Waals surface area contributed by atoms with E-state index in [1.54, 1.807) is 23.7 Å². The van der Waals surface area contributed by atoms with Crippen molar-refractivity contribution in [1.29, 1.82) is 0 Å². The molecule has 5 aromatic heterocycles. The Labute approximate surface area is 228 Å². The highest BCUT2D eigenvalue weighted by molar-refractivity contribution is 7.13. The first-order valence-corrected chi connectivity index (χ1v) is 13.9. The molecule has 1 fully saturated rings. The van der Waals surface area contributed by atoms with Gasteiger partial charge in [-0.15, -0.1) is 11.3 Å². The van der Waals surface area contributed by atoms with E-state index in [9.17, 15) is 4.79 Å². The van der Waals surface area contributed by atoms with Gasteiger partial charge in [-0.05, 0) is 73.1 Å². The summed E-state index contributed by atoms with van der Waals surface area (Å²) in [5, 5.41) is 17.1. The summed E-state index contributed by atoms with van der Waals surface area (Å²) in [6, 6.07) is 14.1. The van der Waals surface area contributed by atoms with E-state index in [2.05, 4.69) is 47.9 Å². The first-order valence-electron chi connectivity index (χ1n) is 13.0. The molecule has 1 aliphatic rings. The Bertz CT molecular complexity index is 1780. The van der Waals surface area contributed by atoms with Crippen LogP contribution >= 0.6 is 11.3 Å². The van der Waals surface area contributed by atoms with Gasteiger partial charge in [-0.2, -0.15) is 5.10 Å². The van der Waals surface area contributed by atoms with Crippen LogP contribution in [0, 0.1) is 5.92 Å². The Balaban J connectivity index is 1.19. The average Bonchev–Trinajstić information content (AvgIpc) is 3.73. The van der Waals surface area contributed by atoms with E-state index in [-0.39, 0.29) is 5.91 Å². The van der Waals surface area contributed by atoms with Crippen molar-refractivity contribution in [3.8, 4) is 33.2 Å². The lowest BCUT2D eigenvalue weighted by molar-refractivity contribution is -0.117. The maximum Gasteiger partial charge on any atom is 0.224 e. The summed E-state index contributed by atoms with van der Waals surface area (Å²) >= 11 is 1.64. The number of thiophene rings is 1. The van der Waals surface area contributed by atoms with Crippen LogP contribution in [0.15, 0.2) is 66.4 Å². The minimum atomic E-state index is 0.0368. The highest BCUT2D eigenvalue weighted by Gasteiger charge is 2.18. The molecule has 10 heteroatoms. The van der Waals surface area contributed by atoms with Crippen molar-refractivity contribution in [2.24, 2.45) is 5.92 Å². The second-order valence-corrected chi connectivity index (χ2v) is 10.8. The van der Waals surface area contributed by atoms with Crippen LogP contribution < -0.4 is 10.6 Å². The lowest BCUT2D eigenvalue weighted by Crippen LogP contribution is -2.30. The van der Waals surface area contributed by atoms with Crippen LogP contribution in [0.3, 0.4) is 0 Å². The molecular weight excluding hydrogens is 508 g/mol. The fraction of sp³-hybridized carbons (Fsp3) is 0.207. The predicted octanol–water partition coefficient (Wildman–Crippen LogP) is 5.62. The number of anilines is 1. The smallest absolute Gasteiger partial charge is 0.224 e. The minimum absolute atomic E-state index is 0.0368. The van der Waals surface area contributed by atoms with E-state index >= 15 is 0 Å². The number of aromatic nitrogens is 6. The number of fused-ring (bicyclic) bond motifs is 2. The van der Waals surface area contributed by atoms with E-state index in [1.165, 1.54) is 0 Å². The molecule has 9 nitrogen and oxygen atoms in total. The van der Waals surface area contributed by atoms with Crippen molar-refractivity contribution < 1.29 is 4.79 Å². The van der Waals surface area contributed by atoms with Crippen LogP contribution in [-0.4, -0.2) is 49.1 Å². The molecule has 0 unspecified atom stereocenters. The van der Waals surface area contributed by atoms with Gasteiger partial charge in [-0.3, -0.25) is 19.9 Å². The summed E-state index contributed by atoms with van der Waals surface area (Å²) in [5.41, 5.74) is 6.82. The highest BCUT2D eigenvalue weighted by Crippen LogP contribution is 2.33. The fourth-order valence-electron chi connectivity index (χ4n) is 5.24. The van der Waals surface area contributed by atoms with Gasteiger partial charge in [0.05, 0.1) is 27.8 Å². The van der Waals surface area contributed by atoms with Crippen molar-refractivity contribution in [3.05, 3.63) is 66.4 Å². The molecule has 0 saturated carbocycles. The van der Waals surface area contributed by atoms with Crippen LogP contribution in [0.4, 0.5) is 5.69 Å². The van der Waals surface area contributed by atoms with Crippen LogP contribution in [0.2, 0.25) is 0 Å². The van der Waals surface area contributed by atoms with Gasteiger partial charge in [0.2, 0.25) is 5.91 Å². The average molecular weight is 535 g/mol. The van der Waals surface area contributed by atoms with Gasteiger partial charge in [0.25, 0.3) is 0 Å². The normalized spacial score (nSPS) is 14.3.